The highest BCUT2D eigenvalue weighted by molar-refractivity contribution is 5.94. The van der Waals surface area contributed by atoms with Crippen LogP contribution in [0.1, 0.15) is 54.1 Å². The van der Waals surface area contributed by atoms with Gasteiger partial charge in [0.2, 0.25) is 5.43 Å². The largest absolute Gasteiger partial charge is 0.462 e. The van der Waals surface area contributed by atoms with Gasteiger partial charge in [0.05, 0.1) is 12.1 Å². The Morgan fingerprint density at radius 2 is 2.16 bits per heavy atom. The van der Waals surface area contributed by atoms with E-state index < -0.39 is 17.2 Å². The summed E-state index contributed by atoms with van der Waals surface area (Å²) in [5.41, 5.74) is 0.656. The van der Waals surface area contributed by atoms with Crippen molar-refractivity contribution in [2.75, 3.05) is 13.2 Å². The lowest BCUT2D eigenvalue weighted by Crippen LogP contribution is -2.21. The van der Waals surface area contributed by atoms with Crippen LogP contribution in [0.25, 0.3) is 10.9 Å². The summed E-state index contributed by atoms with van der Waals surface area (Å²) in [5.74, 6) is -1.03. The molecule has 0 amide bonds. The molecule has 132 valence electrons. The third kappa shape index (κ3) is 2.74. The van der Waals surface area contributed by atoms with Gasteiger partial charge in [0, 0.05) is 24.2 Å². The summed E-state index contributed by atoms with van der Waals surface area (Å²) in [5, 5.41) is 9.47. The summed E-state index contributed by atoms with van der Waals surface area (Å²) in [4.78, 5) is 24.8. The lowest BCUT2D eigenvalue weighted by atomic mass is 10.0. The number of carbonyl (C=O) groups is 1. The Labute approximate surface area is 144 Å². The Kier molecular flexibility index (Phi) is 3.87. The standard InChI is InChI=1S/C19H20FNO4/c1-2-25-19(24)15-8-21(11-3-4-11)17-7-13(12-5-10(12)9-22)16(20)6-14(17)18(15)23/h6-8,10-12,22H,2-5,9H2,1H3. The van der Waals surface area contributed by atoms with Crippen LogP contribution in [0.2, 0.25) is 0 Å². The third-order valence-corrected chi connectivity index (χ3v) is 5.14. The fraction of sp³-hybridized carbons (Fsp3) is 0.474. The Morgan fingerprint density at radius 1 is 1.40 bits per heavy atom. The zero-order valence-corrected chi connectivity index (χ0v) is 14.0. The second-order valence-corrected chi connectivity index (χ2v) is 6.91. The minimum atomic E-state index is -0.671. The zero-order chi connectivity index (χ0) is 17.7. The fourth-order valence-corrected chi connectivity index (χ4v) is 3.51. The van der Waals surface area contributed by atoms with Crippen molar-refractivity contribution in [3.05, 3.63) is 45.5 Å². The van der Waals surface area contributed by atoms with Gasteiger partial charge >= 0.3 is 5.97 Å². The van der Waals surface area contributed by atoms with E-state index in [9.17, 15) is 19.1 Å². The lowest BCUT2D eigenvalue weighted by molar-refractivity contribution is 0.0524. The highest BCUT2D eigenvalue weighted by Crippen LogP contribution is 2.48. The number of benzene rings is 1. The number of rotatable bonds is 5. The van der Waals surface area contributed by atoms with Gasteiger partial charge in [0.25, 0.3) is 0 Å². The number of nitrogens with zero attached hydrogens (tertiary/aromatic N) is 1. The van der Waals surface area contributed by atoms with Gasteiger partial charge in [-0.25, -0.2) is 9.18 Å². The SMILES string of the molecule is CCOC(=O)c1cn(C2CC2)c2cc(C3CC3CO)c(F)cc2c1=O. The summed E-state index contributed by atoms with van der Waals surface area (Å²) < 4.78 is 21.5. The Balaban J connectivity index is 1.91. The Hall–Kier alpha value is -2.21. The summed E-state index contributed by atoms with van der Waals surface area (Å²) in [7, 11) is 0. The number of pyridine rings is 1. The number of hydrogen-bond acceptors (Lipinski definition) is 4. The molecule has 0 aliphatic heterocycles. The maximum absolute atomic E-state index is 14.6. The summed E-state index contributed by atoms with van der Waals surface area (Å²) >= 11 is 0. The molecule has 2 atom stereocenters. The van der Waals surface area contributed by atoms with Crippen molar-refractivity contribution >= 4 is 16.9 Å². The second kappa shape index (κ2) is 5.95. The normalized spacial score (nSPS) is 22.2. The van der Waals surface area contributed by atoms with Crippen LogP contribution < -0.4 is 5.43 Å². The van der Waals surface area contributed by atoms with E-state index in [2.05, 4.69) is 0 Å². The van der Waals surface area contributed by atoms with E-state index in [-0.39, 0.29) is 42.0 Å². The average molecular weight is 345 g/mol. The molecule has 0 spiro atoms. The van der Waals surface area contributed by atoms with E-state index >= 15 is 0 Å². The first-order valence-corrected chi connectivity index (χ1v) is 8.71. The molecule has 2 fully saturated rings. The van der Waals surface area contributed by atoms with E-state index in [4.69, 9.17) is 4.74 Å². The van der Waals surface area contributed by atoms with Crippen molar-refractivity contribution in [1.29, 1.82) is 0 Å². The van der Waals surface area contributed by atoms with Gasteiger partial charge in [-0.05, 0) is 55.7 Å². The molecule has 2 aliphatic carbocycles. The first-order chi connectivity index (χ1) is 12.0. The molecule has 0 saturated heterocycles. The maximum atomic E-state index is 14.6. The molecule has 1 N–H and O–H groups in total. The number of aromatic nitrogens is 1. The van der Waals surface area contributed by atoms with E-state index in [1.165, 1.54) is 6.07 Å². The molecular weight excluding hydrogens is 325 g/mol. The molecule has 1 aromatic heterocycles. The Bertz CT molecular complexity index is 916. The molecule has 2 unspecified atom stereocenters. The molecule has 0 bridgehead atoms. The first kappa shape index (κ1) is 16.3. The topological polar surface area (TPSA) is 68.5 Å². The van der Waals surface area contributed by atoms with Crippen LogP contribution in [0.3, 0.4) is 0 Å². The van der Waals surface area contributed by atoms with Crippen LogP contribution in [0.5, 0.6) is 0 Å². The van der Waals surface area contributed by atoms with Crippen molar-refractivity contribution in [2.45, 2.75) is 38.1 Å². The fourth-order valence-electron chi connectivity index (χ4n) is 3.51. The molecule has 1 aromatic carbocycles. The lowest BCUT2D eigenvalue weighted by Gasteiger charge is -2.14. The van der Waals surface area contributed by atoms with Crippen molar-refractivity contribution in [1.82, 2.24) is 4.57 Å². The first-order valence-electron chi connectivity index (χ1n) is 8.71. The summed E-state index contributed by atoms with van der Waals surface area (Å²) in [6.07, 6.45) is 4.25. The maximum Gasteiger partial charge on any atom is 0.343 e. The number of aliphatic hydroxyl groups is 1. The van der Waals surface area contributed by atoms with E-state index in [0.29, 0.717) is 11.1 Å². The van der Waals surface area contributed by atoms with Crippen LogP contribution in [-0.2, 0) is 4.74 Å². The van der Waals surface area contributed by atoms with Crippen LogP contribution in [0, 0.1) is 11.7 Å². The van der Waals surface area contributed by atoms with Gasteiger partial charge in [-0.2, -0.15) is 0 Å². The van der Waals surface area contributed by atoms with Crippen LogP contribution in [0.4, 0.5) is 4.39 Å². The van der Waals surface area contributed by atoms with Crippen LogP contribution >= 0.6 is 0 Å². The number of fused-ring (bicyclic) bond motifs is 1. The van der Waals surface area contributed by atoms with Crippen molar-refractivity contribution in [2.24, 2.45) is 5.92 Å². The van der Waals surface area contributed by atoms with E-state index in [0.717, 1.165) is 19.3 Å². The van der Waals surface area contributed by atoms with E-state index in [1.807, 2.05) is 4.57 Å². The average Bonchev–Trinajstić information content (AvgIpc) is 3.48. The molecule has 25 heavy (non-hydrogen) atoms. The monoisotopic (exact) mass is 345 g/mol. The molecule has 2 aliphatic rings. The van der Waals surface area contributed by atoms with Crippen molar-refractivity contribution in [3.8, 4) is 0 Å². The summed E-state index contributed by atoms with van der Waals surface area (Å²) in [6, 6.07) is 3.18. The van der Waals surface area contributed by atoms with Gasteiger partial charge in [0.1, 0.15) is 11.4 Å². The highest BCUT2D eigenvalue weighted by atomic mass is 19.1. The summed E-state index contributed by atoms with van der Waals surface area (Å²) in [6.45, 7) is 1.90. The smallest absolute Gasteiger partial charge is 0.343 e. The number of esters is 1. The number of halogens is 1. The van der Waals surface area contributed by atoms with Gasteiger partial charge < -0.3 is 14.4 Å². The predicted octanol–water partition coefficient (Wildman–Crippen LogP) is 2.75. The van der Waals surface area contributed by atoms with Crippen molar-refractivity contribution in [3.63, 3.8) is 0 Å². The van der Waals surface area contributed by atoms with Gasteiger partial charge in [-0.15, -0.1) is 0 Å². The van der Waals surface area contributed by atoms with Crippen LogP contribution in [-0.4, -0.2) is 28.9 Å². The highest BCUT2D eigenvalue weighted by Gasteiger charge is 2.40. The Morgan fingerprint density at radius 3 is 2.76 bits per heavy atom. The third-order valence-electron chi connectivity index (χ3n) is 5.14. The van der Waals surface area contributed by atoms with Crippen molar-refractivity contribution < 1.29 is 19.0 Å². The minimum Gasteiger partial charge on any atom is -0.462 e. The minimum absolute atomic E-state index is 0.00175. The number of hydrogen-bond donors (Lipinski definition) is 1. The molecule has 2 aromatic rings. The molecule has 6 heteroatoms. The molecule has 4 rings (SSSR count). The second-order valence-electron chi connectivity index (χ2n) is 6.91. The van der Waals surface area contributed by atoms with Gasteiger partial charge in [-0.1, -0.05) is 0 Å². The van der Waals surface area contributed by atoms with Gasteiger partial charge in [0.15, 0.2) is 0 Å². The molecule has 0 radical (unpaired) electrons. The molecule has 2 saturated carbocycles. The molecule has 1 heterocycles. The number of ether oxygens (including phenoxy) is 1. The van der Waals surface area contributed by atoms with Gasteiger partial charge in [-0.3, -0.25) is 4.79 Å². The number of carbonyl (C=O) groups excluding carboxylic acids is 1. The molecule has 5 nitrogen and oxygen atoms in total. The zero-order valence-electron chi connectivity index (χ0n) is 14.0. The van der Waals surface area contributed by atoms with E-state index in [1.54, 1.807) is 19.2 Å². The van der Waals surface area contributed by atoms with Crippen LogP contribution in [0.15, 0.2) is 23.1 Å². The number of aliphatic hydroxyl groups excluding tert-OH is 1. The predicted molar refractivity (Wildman–Crippen MR) is 90.3 cm³/mol. The molecular formula is C19H20FNO4. The quantitative estimate of drug-likeness (QED) is 0.846.